The molecule has 1 N–H and O–H groups in total. The van der Waals surface area contributed by atoms with Gasteiger partial charge in [-0.3, -0.25) is 4.68 Å². The van der Waals surface area contributed by atoms with Gasteiger partial charge in [0.05, 0.1) is 17.3 Å². The number of thioether (sulfide) groups is 1. The van der Waals surface area contributed by atoms with Crippen LogP contribution in [0.4, 0.5) is 5.82 Å². The fraction of sp³-hybridized carbons (Fsp3) is 0.643. The lowest BCUT2D eigenvalue weighted by Gasteiger charge is -2.21. The Kier molecular flexibility index (Phi) is 4.60. The number of ether oxygens (including phenoxy) is 1. The van der Waals surface area contributed by atoms with Crippen LogP contribution in [0.2, 0.25) is 0 Å². The largest absolute Gasteiger partial charge is 0.381 e. The maximum Gasteiger partial charge on any atom is 0.163 e. The van der Waals surface area contributed by atoms with E-state index in [0.29, 0.717) is 5.25 Å². The minimum Gasteiger partial charge on any atom is -0.381 e. The van der Waals surface area contributed by atoms with Gasteiger partial charge >= 0.3 is 0 Å². The third kappa shape index (κ3) is 3.29. The first-order valence-electron chi connectivity index (χ1n) is 7.39. The number of fused-ring (bicyclic) bond motifs is 1. The number of aromatic nitrogens is 4. The zero-order valence-electron chi connectivity index (χ0n) is 12.5. The van der Waals surface area contributed by atoms with Crippen molar-refractivity contribution in [3.63, 3.8) is 0 Å². The van der Waals surface area contributed by atoms with Crippen molar-refractivity contribution in [1.29, 1.82) is 0 Å². The second kappa shape index (κ2) is 6.62. The van der Waals surface area contributed by atoms with Crippen molar-refractivity contribution in [2.24, 2.45) is 7.05 Å². The van der Waals surface area contributed by atoms with E-state index in [0.717, 1.165) is 61.0 Å². The van der Waals surface area contributed by atoms with Crippen molar-refractivity contribution in [3.05, 3.63) is 12.0 Å². The van der Waals surface area contributed by atoms with Crippen LogP contribution in [0.25, 0.3) is 11.0 Å². The van der Waals surface area contributed by atoms with E-state index in [9.17, 15) is 0 Å². The molecule has 3 rings (SSSR count). The maximum absolute atomic E-state index is 5.40. The van der Waals surface area contributed by atoms with E-state index < -0.39 is 0 Å². The zero-order chi connectivity index (χ0) is 14.7. The number of nitrogens with one attached hydrogen (secondary N) is 1. The Labute approximate surface area is 128 Å². The van der Waals surface area contributed by atoms with E-state index in [1.807, 2.05) is 25.0 Å². The summed E-state index contributed by atoms with van der Waals surface area (Å²) in [6.07, 6.45) is 4.07. The fourth-order valence-electron chi connectivity index (χ4n) is 2.47. The van der Waals surface area contributed by atoms with E-state index >= 15 is 0 Å². The molecular weight excluding hydrogens is 286 g/mol. The van der Waals surface area contributed by atoms with E-state index in [4.69, 9.17) is 4.74 Å². The molecule has 1 aliphatic rings. The first-order chi connectivity index (χ1) is 10.3. The molecule has 7 heteroatoms. The molecule has 2 aromatic heterocycles. The lowest BCUT2D eigenvalue weighted by molar-refractivity contribution is 0.1000. The molecule has 0 saturated carbocycles. The molecule has 0 radical (unpaired) electrons. The van der Waals surface area contributed by atoms with Gasteiger partial charge in [-0.2, -0.15) is 16.9 Å². The Balaban J connectivity index is 1.79. The first kappa shape index (κ1) is 14.6. The Morgan fingerprint density at radius 2 is 2.19 bits per heavy atom. The van der Waals surface area contributed by atoms with Crippen LogP contribution < -0.4 is 5.32 Å². The van der Waals surface area contributed by atoms with Crippen LogP contribution in [0.3, 0.4) is 0 Å². The summed E-state index contributed by atoms with van der Waals surface area (Å²) in [4.78, 5) is 9.32. The number of hydrogen-bond donors (Lipinski definition) is 1. The van der Waals surface area contributed by atoms with E-state index in [2.05, 4.69) is 27.3 Å². The highest BCUT2D eigenvalue weighted by atomic mass is 32.2. The molecule has 0 atom stereocenters. The summed E-state index contributed by atoms with van der Waals surface area (Å²) < 4.78 is 7.21. The molecule has 0 bridgehead atoms. The topological polar surface area (TPSA) is 64.9 Å². The van der Waals surface area contributed by atoms with Gasteiger partial charge in [0.1, 0.15) is 11.6 Å². The van der Waals surface area contributed by atoms with Crippen LogP contribution in [0.5, 0.6) is 0 Å². The van der Waals surface area contributed by atoms with Crippen LogP contribution >= 0.6 is 11.8 Å². The van der Waals surface area contributed by atoms with Crippen LogP contribution in [0, 0.1) is 0 Å². The predicted molar refractivity (Wildman–Crippen MR) is 85.6 cm³/mol. The second-order valence-corrected chi connectivity index (χ2v) is 6.44. The highest BCUT2D eigenvalue weighted by Crippen LogP contribution is 2.26. The van der Waals surface area contributed by atoms with Gasteiger partial charge in [0, 0.05) is 32.1 Å². The minimum atomic E-state index is 0.659. The van der Waals surface area contributed by atoms with Crippen LogP contribution in [0.15, 0.2) is 6.20 Å². The van der Waals surface area contributed by atoms with Crippen LogP contribution in [-0.4, -0.2) is 44.8 Å². The van der Waals surface area contributed by atoms with Crippen molar-refractivity contribution in [2.75, 3.05) is 25.1 Å². The van der Waals surface area contributed by atoms with Gasteiger partial charge in [0.15, 0.2) is 5.65 Å². The highest BCUT2D eigenvalue weighted by molar-refractivity contribution is 7.99. The molecule has 1 saturated heterocycles. The third-order valence-electron chi connectivity index (χ3n) is 3.60. The minimum absolute atomic E-state index is 0.659. The summed E-state index contributed by atoms with van der Waals surface area (Å²) in [5.74, 6) is 2.60. The maximum atomic E-state index is 5.40. The zero-order valence-corrected chi connectivity index (χ0v) is 13.3. The van der Waals surface area contributed by atoms with Gasteiger partial charge in [-0.05, 0) is 19.8 Å². The third-order valence-corrected chi connectivity index (χ3v) is 4.97. The summed E-state index contributed by atoms with van der Waals surface area (Å²) in [6, 6.07) is 0. The molecule has 0 amide bonds. The Morgan fingerprint density at radius 3 is 2.95 bits per heavy atom. The van der Waals surface area contributed by atoms with Crippen molar-refractivity contribution >= 4 is 28.6 Å². The van der Waals surface area contributed by atoms with E-state index in [-0.39, 0.29) is 0 Å². The van der Waals surface area contributed by atoms with Crippen LogP contribution in [0.1, 0.15) is 25.6 Å². The summed E-state index contributed by atoms with van der Waals surface area (Å²) in [5.41, 5.74) is 0.892. The molecule has 1 fully saturated rings. The average Bonchev–Trinajstić information content (AvgIpc) is 2.88. The molecule has 0 aromatic carbocycles. The molecule has 2 aromatic rings. The normalized spacial score (nSPS) is 16.5. The molecule has 114 valence electrons. The molecule has 21 heavy (non-hydrogen) atoms. The van der Waals surface area contributed by atoms with Gasteiger partial charge < -0.3 is 10.1 Å². The number of nitrogens with zero attached hydrogens (tertiary/aromatic N) is 4. The van der Waals surface area contributed by atoms with Crippen molar-refractivity contribution < 1.29 is 4.74 Å². The predicted octanol–water partition coefficient (Wildman–Crippen LogP) is 2.21. The smallest absolute Gasteiger partial charge is 0.163 e. The Morgan fingerprint density at radius 1 is 1.38 bits per heavy atom. The number of anilines is 1. The van der Waals surface area contributed by atoms with Gasteiger partial charge in [0.25, 0.3) is 0 Å². The fourth-order valence-corrected chi connectivity index (χ4v) is 3.51. The monoisotopic (exact) mass is 307 g/mol. The van der Waals surface area contributed by atoms with Crippen molar-refractivity contribution in [2.45, 2.75) is 30.8 Å². The molecule has 6 nitrogen and oxygen atoms in total. The standard InChI is InChI=1S/C14H21N5OS/c1-3-15-13-11-8-16-19(2)14(11)18-12(17-13)9-21-10-4-6-20-7-5-10/h8,10H,3-7,9H2,1-2H3,(H,15,17,18). The quantitative estimate of drug-likeness (QED) is 0.913. The Bertz CT molecular complexity index is 609. The number of aryl methyl sites for hydroxylation is 1. The molecular formula is C14H21N5OS. The lowest BCUT2D eigenvalue weighted by Crippen LogP contribution is -2.17. The van der Waals surface area contributed by atoms with Crippen LogP contribution in [-0.2, 0) is 17.5 Å². The van der Waals surface area contributed by atoms with E-state index in [1.54, 1.807) is 4.68 Å². The summed E-state index contributed by atoms with van der Waals surface area (Å²) >= 11 is 1.93. The van der Waals surface area contributed by atoms with Crippen molar-refractivity contribution in [1.82, 2.24) is 19.7 Å². The summed E-state index contributed by atoms with van der Waals surface area (Å²) in [6.45, 7) is 4.66. The summed E-state index contributed by atoms with van der Waals surface area (Å²) in [5, 5.41) is 9.23. The van der Waals surface area contributed by atoms with Gasteiger partial charge in [0.2, 0.25) is 0 Å². The van der Waals surface area contributed by atoms with Gasteiger partial charge in [-0.15, -0.1) is 0 Å². The second-order valence-electron chi connectivity index (χ2n) is 5.15. The SMILES string of the molecule is CCNc1nc(CSC2CCOCC2)nc2c1cnn2C. The van der Waals surface area contributed by atoms with Gasteiger partial charge in [-0.1, -0.05) is 0 Å². The summed E-state index contributed by atoms with van der Waals surface area (Å²) in [7, 11) is 1.92. The lowest BCUT2D eigenvalue weighted by atomic mass is 10.2. The van der Waals surface area contributed by atoms with Gasteiger partial charge in [-0.25, -0.2) is 9.97 Å². The molecule has 0 aliphatic carbocycles. The molecule has 3 heterocycles. The van der Waals surface area contributed by atoms with E-state index in [1.165, 1.54) is 0 Å². The molecule has 0 spiro atoms. The molecule has 1 aliphatic heterocycles. The average molecular weight is 307 g/mol. The number of rotatable bonds is 5. The Hall–Kier alpha value is -1.34. The highest BCUT2D eigenvalue weighted by Gasteiger charge is 2.16. The van der Waals surface area contributed by atoms with Crippen molar-refractivity contribution in [3.8, 4) is 0 Å². The number of hydrogen-bond acceptors (Lipinski definition) is 6. The molecule has 0 unspecified atom stereocenters. The first-order valence-corrected chi connectivity index (χ1v) is 8.44.